The van der Waals surface area contributed by atoms with Crippen LogP contribution in [-0.4, -0.2) is 55.8 Å². The van der Waals surface area contributed by atoms with E-state index >= 15 is 0 Å². The minimum absolute atomic E-state index is 0.0348. The topological polar surface area (TPSA) is 65.0 Å². The second kappa shape index (κ2) is 7.37. The van der Waals surface area contributed by atoms with Crippen LogP contribution in [0.1, 0.15) is 51.8 Å². The zero-order valence-corrected chi connectivity index (χ0v) is 18.7. The molecule has 6 nitrogen and oxygen atoms in total. The van der Waals surface area contributed by atoms with Gasteiger partial charge >= 0.3 is 0 Å². The Balaban J connectivity index is 1.64. The summed E-state index contributed by atoms with van der Waals surface area (Å²) in [5.41, 5.74) is 0.274. The van der Waals surface area contributed by atoms with E-state index in [2.05, 4.69) is 42.9 Å². The van der Waals surface area contributed by atoms with Crippen LogP contribution < -0.4 is 5.32 Å². The predicted molar refractivity (Wildman–Crippen MR) is 112 cm³/mol. The molecule has 0 aromatic carbocycles. The Bertz CT molecular complexity index is 805. The van der Waals surface area contributed by atoms with Crippen LogP contribution >= 0.6 is 11.3 Å². The molecule has 1 N–H and O–H groups in total. The fourth-order valence-corrected chi connectivity index (χ4v) is 6.65. The van der Waals surface area contributed by atoms with Crippen LogP contribution in [0.3, 0.4) is 0 Å². The van der Waals surface area contributed by atoms with Gasteiger partial charge in [0, 0.05) is 42.5 Å². The number of likely N-dealkylation sites (tertiary alicyclic amines) is 1. The summed E-state index contributed by atoms with van der Waals surface area (Å²) in [7, 11) is -1.55. The highest BCUT2D eigenvalue weighted by Crippen LogP contribution is 2.46. The molecule has 2 fully saturated rings. The molecular formula is C19H32N4O2S2. The van der Waals surface area contributed by atoms with Crippen LogP contribution in [0, 0.1) is 5.41 Å². The lowest BCUT2D eigenvalue weighted by molar-refractivity contribution is -0.0667. The Kier molecular flexibility index (Phi) is 5.62. The number of rotatable bonds is 4. The summed E-state index contributed by atoms with van der Waals surface area (Å²) in [6.07, 6.45) is 3.03. The van der Waals surface area contributed by atoms with Gasteiger partial charge in [0.1, 0.15) is 4.21 Å². The predicted octanol–water partition coefficient (Wildman–Crippen LogP) is 3.12. The quantitative estimate of drug-likeness (QED) is 0.610. The van der Waals surface area contributed by atoms with Crippen LogP contribution in [0.25, 0.3) is 0 Å². The first kappa shape index (κ1) is 20.6. The number of nitrogens with one attached hydrogen (secondary N) is 1. The van der Waals surface area contributed by atoms with Gasteiger partial charge in [-0.1, -0.05) is 20.3 Å². The number of aliphatic imine (C=N–C) groups is 1. The highest BCUT2D eigenvalue weighted by molar-refractivity contribution is 7.91. The molecule has 0 radical (unpaired) electrons. The number of hydrogen-bond donors (Lipinski definition) is 1. The van der Waals surface area contributed by atoms with Gasteiger partial charge < -0.3 is 10.2 Å². The standard InChI is InChI=1S/C19H32N4O2S2/c1-18(2)14-23(19(18,3)4)17(20-5)21-13-15-9-10-16(26-15)27(24,25)22-11-7-6-8-12-22/h9-10H,6-8,11-14H2,1-5H3,(H,20,21). The van der Waals surface area contributed by atoms with Gasteiger partial charge in [-0.05, 0) is 38.8 Å². The van der Waals surface area contributed by atoms with E-state index in [4.69, 9.17) is 0 Å². The highest BCUT2D eigenvalue weighted by atomic mass is 32.2. The second-order valence-electron chi connectivity index (χ2n) is 8.62. The van der Waals surface area contributed by atoms with Crippen molar-refractivity contribution in [2.24, 2.45) is 10.4 Å². The zero-order chi connectivity index (χ0) is 19.9. The van der Waals surface area contributed by atoms with Crippen LogP contribution in [0.2, 0.25) is 0 Å². The van der Waals surface area contributed by atoms with Crippen molar-refractivity contribution in [3.8, 4) is 0 Å². The maximum absolute atomic E-state index is 12.8. The molecule has 0 aliphatic carbocycles. The van der Waals surface area contributed by atoms with Crippen molar-refractivity contribution in [2.45, 2.75) is 63.3 Å². The van der Waals surface area contributed by atoms with E-state index in [1.807, 2.05) is 6.07 Å². The van der Waals surface area contributed by atoms with Crippen molar-refractivity contribution in [1.82, 2.24) is 14.5 Å². The maximum Gasteiger partial charge on any atom is 0.252 e. The fraction of sp³-hybridized carbons (Fsp3) is 0.737. The first-order chi connectivity index (χ1) is 12.6. The molecule has 2 aliphatic heterocycles. The molecule has 0 saturated carbocycles. The number of sulfonamides is 1. The van der Waals surface area contributed by atoms with E-state index in [-0.39, 0.29) is 11.0 Å². The van der Waals surface area contributed by atoms with Crippen molar-refractivity contribution in [3.05, 3.63) is 17.0 Å². The van der Waals surface area contributed by atoms with E-state index < -0.39 is 10.0 Å². The maximum atomic E-state index is 12.8. The van der Waals surface area contributed by atoms with Gasteiger partial charge in [0.15, 0.2) is 5.96 Å². The van der Waals surface area contributed by atoms with Crippen molar-refractivity contribution in [2.75, 3.05) is 26.7 Å². The highest BCUT2D eigenvalue weighted by Gasteiger charge is 2.53. The Labute approximate surface area is 167 Å². The molecule has 1 aromatic rings. The Morgan fingerprint density at radius 1 is 1.19 bits per heavy atom. The molecular weight excluding hydrogens is 380 g/mol. The van der Waals surface area contributed by atoms with E-state index in [1.165, 1.54) is 11.3 Å². The summed E-state index contributed by atoms with van der Waals surface area (Å²) < 4.78 is 27.7. The van der Waals surface area contributed by atoms with Gasteiger partial charge in [0.25, 0.3) is 10.0 Å². The number of guanidine groups is 1. The van der Waals surface area contributed by atoms with Crippen molar-refractivity contribution in [1.29, 1.82) is 0 Å². The summed E-state index contributed by atoms with van der Waals surface area (Å²) in [6.45, 7) is 11.8. The molecule has 0 unspecified atom stereocenters. The molecule has 2 saturated heterocycles. The monoisotopic (exact) mass is 412 g/mol. The van der Waals surface area contributed by atoms with Gasteiger partial charge in [0.2, 0.25) is 0 Å². The van der Waals surface area contributed by atoms with Crippen molar-refractivity contribution < 1.29 is 8.42 Å². The van der Waals surface area contributed by atoms with Gasteiger partial charge in [-0.3, -0.25) is 4.99 Å². The molecule has 8 heteroatoms. The number of hydrogen-bond acceptors (Lipinski definition) is 4. The molecule has 3 rings (SSSR count). The van der Waals surface area contributed by atoms with E-state index in [0.29, 0.717) is 23.8 Å². The molecule has 152 valence electrons. The average molecular weight is 413 g/mol. The largest absolute Gasteiger partial charge is 0.351 e. The zero-order valence-electron chi connectivity index (χ0n) is 17.1. The smallest absolute Gasteiger partial charge is 0.252 e. The molecule has 0 amide bonds. The van der Waals surface area contributed by atoms with Crippen LogP contribution in [0.15, 0.2) is 21.3 Å². The number of piperidine rings is 1. The summed E-state index contributed by atoms with van der Waals surface area (Å²) in [4.78, 5) is 7.71. The Morgan fingerprint density at radius 3 is 2.41 bits per heavy atom. The Hall–Kier alpha value is -1.12. The third kappa shape index (κ3) is 3.76. The summed E-state index contributed by atoms with van der Waals surface area (Å²) in [5.74, 6) is 0.869. The molecule has 3 heterocycles. The first-order valence-corrected chi connectivity index (χ1v) is 11.9. The minimum Gasteiger partial charge on any atom is -0.351 e. The normalized spacial score (nSPS) is 23.1. The summed E-state index contributed by atoms with van der Waals surface area (Å²) >= 11 is 1.36. The van der Waals surface area contributed by atoms with E-state index in [9.17, 15) is 8.42 Å². The molecule has 0 atom stereocenters. The molecule has 2 aliphatic rings. The van der Waals surface area contributed by atoms with Crippen molar-refractivity contribution >= 4 is 27.3 Å². The lowest BCUT2D eigenvalue weighted by Gasteiger charge is -2.62. The SMILES string of the molecule is CN=C(NCc1ccc(S(=O)(=O)N2CCCCC2)s1)N1CC(C)(C)C1(C)C. The molecule has 0 spiro atoms. The van der Waals surface area contributed by atoms with E-state index in [0.717, 1.165) is 36.6 Å². The van der Waals surface area contributed by atoms with Gasteiger partial charge in [0.05, 0.1) is 6.54 Å². The number of nitrogens with zero attached hydrogens (tertiary/aromatic N) is 3. The van der Waals surface area contributed by atoms with Crippen LogP contribution in [0.4, 0.5) is 0 Å². The van der Waals surface area contributed by atoms with Crippen LogP contribution in [-0.2, 0) is 16.6 Å². The lowest BCUT2D eigenvalue weighted by atomic mass is 9.65. The third-order valence-corrected chi connectivity index (χ3v) is 9.77. The molecule has 0 bridgehead atoms. The van der Waals surface area contributed by atoms with Gasteiger partial charge in [-0.25, -0.2) is 8.42 Å². The van der Waals surface area contributed by atoms with Gasteiger partial charge in [-0.2, -0.15) is 4.31 Å². The van der Waals surface area contributed by atoms with Crippen molar-refractivity contribution in [3.63, 3.8) is 0 Å². The summed E-state index contributed by atoms with van der Waals surface area (Å²) in [6, 6.07) is 3.65. The fourth-order valence-electron chi connectivity index (χ4n) is 3.69. The Morgan fingerprint density at radius 2 is 1.85 bits per heavy atom. The lowest BCUT2D eigenvalue weighted by Crippen LogP contribution is -2.72. The molecule has 1 aromatic heterocycles. The summed E-state index contributed by atoms with van der Waals surface area (Å²) in [5, 5.41) is 3.40. The average Bonchev–Trinajstić information content (AvgIpc) is 3.12. The third-order valence-electron chi connectivity index (χ3n) is 6.32. The number of thiophene rings is 1. The first-order valence-electron chi connectivity index (χ1n) is 9.67. The second-order valence-corrected chi connectivity index (χ2v) is 11.9. The van der Waals surface area contributed by atoms with E-state index in [1.54, 1.807) is 17.4 Å². The minimum atomic E-state index is -3.35. The van der Waals surface area contributed by atoms with Gasteiger partial charge in [-0.15, -0.1) is 11.3 Å². The van der Waals surface area contributed by atoms with Crippen LogP contribution in [0.5, 0.6) is 0 Å². The molecule has 27 heavy (non-hydrogen) atoms.